The van der Waals surface area contributed by atoms with Crippen molar-refractivity contribution in [2.45, 2.75) is 20.0 Å². The Kier molecular flexibility index (Phi) is 6.52. The van der Waals surface area contributed by atoms with Crippen LogP contribution < -0.4 is 10.1 Å². The van der Waals surface area contributed by atoms with Gasteiger partial charge in [-0.3, -0.25) is 9.78 Å². The maximum atomic E-state index is 13.0. The van der Waals surface area contributed by atoms with Gasteiger partial charge in [0.25, 0.3) is 5.91 Å². The average Bonchev–Trinajstić information content (AvgIpc) is 2.74. The van der Waals surface area contributed by atoms with Crippen LogP contribution in [0.5, 0.6) is 5.75 Å². The third-order valence-electron chi connectivity index (χ3n) is 4.00. The van der Waals surface area contributed by atoms with E-state index < -0.39 is 18.0 Å². The fraction of sp³-hybridized carbons (Fsp3) is 0.182. The van der Waals surface area contributed by atoms with E-state index in [1.807, 2.05) is 19.1 Å². The molecule has 1 atom stereocenters. The van der Waals surface area contributed by atoms with Gasteiger partial charge in [0.15, 0.2) is 5.69 Å². The Morgan fingerprint density at radius 1 is 1.00 bits per heavy atom. The fourth-order valence-corrected chi connectivity index (χ4v) is 2.62. The van der Waals surface area contributed by atoms with Gasteiger partial charge in [-0.1, -0.05) is 42.5 Å². The summed E-state index contributed by atoms with van der Waals surface area (Å²) < 4.78 is 11.0. The highest BCUT2D eigenvalue weighted by Crippen LogP contribution is 2.27. The van der Waals surface area contributed by atoms with E-state index >= 15 is 0 Å². The first-order valence-corrected chi connectivity index (χ1v) is 9.15. The standard InChI is InChI=1S/C22H21N3O4/c1-3-28-19-12-8-7-11-17(19)25-21(26)20(16-9-5-4-6-10-16)29-22(27)18-14-23-15(2)13-24-18/h4-14,20H,3H2,1-2H3,(H,25,26)/t20-/m1/s1. The lowest BCUT2D eigenvalue weighted by atomic mass is 10.1. The molecule has 148 valence electrons. The van der Waals surface area contributed by atoms with Gasteiger partial charge in [0.1, 0.15) is 5.75 Å². The van der Waals surface area contributed by atoms with Gasteiger partial charge in [0.2, 0.25) is 6.10 Å². The molecule has 0 bridgehead atoms. The summed E-state index contributed by atoms with van der Waals surface area (Å²) in [6.45, 7) is 4.07. The topological polar surface area (TPSA) is 90.4 Å². The fourth-order valence-electron chi connectivity index (χ4n) is 2.62. The van der Waals surface area contributed by atoms with Crippen LogP contribution in [0.25, 0.3) is 0 Å². The van der Waals surface area contributed by atoms with Crippen LogP contribution in [0.3, 0.4) is 0 Å². The molecule has 2 aromatic carbocycles. The first-order valence-electron chi connectivity index (χ1n) is 9.15. The Morgan fingerprint density at radius 2 is 1.72 bits per heavy atom. The van der Waals surface area contributed by atoms with Gasteiger partial charge in [0.05, 0.1) is 24.2 Å². The highest BCUT2D eigenvalue weighted by molar-refractivity contribution is 5.98. The molecule has 0 radical (unpaired) electrons. The molecule has 0 saturated carbocycles. The Bertz CT molecular complexity index is 975. The number of carbonyl (C=O) groups excluding carboxylic acids is 2. The van der Waals surface area contributed by atoms with Crippen molar-refractivity contribution < 1.29 is 19.1 Å². The number of aromatic nitrogens is 2. The van der Waals surface area contributed by atoms with E-state index in [0.29, 0.717) is 29.3 Å². The Hall–Kier alpha value is -3.74. The van der Waals surface area contributed by atoms with Crippen LogP contribution in [0.15, 0.2) is 67.0 Å². The molecule has 0 saturated heterocycles. The van der Waals surface area contributed by atoms with Crippen molar-refractivity contribution in [3.05, 3.63) is 83.9 Å². The zero-order chi connectivity index (χ0) is 20.6. The van der Waals surface area contributed by atoms with Crippen molar-refractivity contribution in [1.29, 1.82) is 0 Å². The predicted octanol–water partition coefficient (Wildman–Crippen LogP) is 3.72. The van der Waals surface area contributed by atoms with Crippen LogP contribution in [0, 0.1) is 6.92 Å². The number of para-hydroxylation sites is 2. The average molecular weight is 391 g/mol. The third-order valence-corrected chi connectivity index (χ3v) is 4.00. The molecule has 0 unspecified atom stereocenters. The van der Waals surface area contributed by atoms with Gasteiger partial charge in [-0.25, -0.2) is 9.78 Å². The van der Waals surface area contributed by atoms with Crippen LogP contribution in [0.2, 0.25) is 0 Å². The number of hydrogen-bond acceptors (Lipinski definition) is 6. The van der Waals surface area contributed by atoms with Gasteiger partial charge < -0.3 is 14.8 Å². The largest absolute Gasteiger partial charge is 0.492 e. The molecule has 0 aliphatic rings. The molecule has 1 heterocycles. The van der Waals surface area contributed by atoms with Crippen LogP contribution in [0.4, 0.5) is 5.69 Å². The molecule has 7 nitrogen and oxygen atoms in total. The number of amides is 1. The molecule has 0 aliphatic carbocycles. The van der Waals surface area contributed by atoms with Crippen molar-refractivity contribution in [2.24, 2.45) is 0 Å². The van der Waals surface area contributed by atoms with Crippen molar-refractivity contribution in [3.63, 3.8) is 0 Å². The van der Waals surface area contributed by atoms with Crippen molar-refractivity contribution in [1.82, 2.24) is 9.97 Å². The van der Waals surface area contributed by atoms with E-state index in [1.165, 1.54) is 12.4 Å². The smallest absolute Gasteiger partial charge is 0.359 e. The zero-order valence-electron chi connectivity index (χ0n) is 16.2. The highest BCUT2D eigenvalue weighted by Gasteiger charge is 2.27. The van der Waals surface area contributed by atoms with Crippen LogP contribution in [-0.2, 0) is 9.53 Å². The number of rotatable bonds is 7. The Labute approximate surface area is 168 Å². The van der Waals surface area contributed by atoms with Gasteiger partial charge >= 0.3 is 5.97 Å². The summed E-state index contributed by atoms with van der Waals surface area (Å²) in [4.78, 5) is 33.6. The number of anilines is 1. The minimum Gasteiger partial charge on any atom is -0.492 e. The van der Waals surface area contributed by atoms with E-state index in [9.17, 15) is 9.59 Å². The summed E-state index contributed by atoms with van der Waals surface area (Å²) >= 11 is 0. The first-order chi connectivity index (χ1) is 14.1. The Morgan fingerprint density at radius 3 is 2.41 bits per heavy atom. The predicted molar refractivity (Wildman–Crippen MR) is 108 cm³/mol. The van der Waals surface area contributed by atoms with E-state index in [-0.39, 0.29) is 5.69 Å². The number of aryl methyl sites for hydroxylation is 1. The number of hydrogen-bond donors (Lipinski definition) is 1. The lowest BCUT2D eigenvalue weighted by Crippen LogP contribution is -2.26. The van der Waals surface area contributed by atoms with E-state index in [1.54, 1.807) is 49.4 Å². The normalized spacial score (nSPS) is 11.4. The molecule has 0 spiro atoms. The lowest BCUT2D eigenvalue weighted by Gasteiger charge is -2.19. The second-order valence-corrected chi connectivity index (χ2v) is 6.16. The number of nitrogens with zero attached hydrogens (tertiary/aromatic N) is 2. The van der Waals surface area contributed by atoms with Crippen LogP contribution in [0.1, 0.15) is 34.8 Å². The minimum absolute atomic E-state index is 0.0269. The SMILES string of the molecule is CCOc1ccccc1NC(=O)[C@H](OC(=O)c1cnc(C)cn1)c1ccccc1. The van der Waals surface area contributed by atoms with Gasteiger partial charge in [-0.2, -0.15) is 0 Å². The molecule has 0 fully saturated rings. The number of nitrogens with one attached hydrogen (secondary N) is 1. The van der Waals surface area contributed by atoms with E-state index in [2.05, 4.69) is 15.3 Å². The lowest BCUT2D eigenvalue weighted by molar-refractivity contribution is -0.125. The number of benzene rings is 2. The number of ether oxygens (including phenoxy) is 2. The summed E-state index contributed by atoms with van der Waals surface area (Å²) in [6.07, 6.45) is 1.62. The summed E-state index contributed by atoms with van der Waals surface area (Å²) in [5.74, 6) is -0.706. The summed E-state index contributed by atoms with van der Waals surface area (Å²) in [6, 6.07) is 15.8. The van der Waals surface area contributed by atoms with Gasteiger partial charge in [-0.15, -0.1) is 0 Å². The Balaban J connectivity index is 1.85. The zero-order valence-corrected chi connectivity index (χ0v) is 16.2. The number of carbonyl (C=O) groups is 2. The molecule has 29 heavy (non-hydrogen) atoms. The van der Waals surface area contributed by atoms with E-state index in [4.69, 9.17) is 9.47 Å². The van der Waals surface area contributed by atoms with Crippen molar-refractivity contribution in [3.8, 4) is 5.75 Å². The van der Waals surface area contributed by atoms with Gasteiger partial charge in [0, 0.05) is 11.8 Å². The molecule has 3 aromatic rings. The molecule has 0 aliphatic heterocycles. The molecule has 1 N–H and O–H groups in total. The second kappa shape index (κ2) is 9.45. The monoisotopic (exact) mass is 391 g/mol. The quantitative estimate of drug-likeness (QED) is 0.618. The molecule has 1 amide bonds. The highest BCUT2D eigenvalue weighted by atomic mass is 16.5. The van der Waals surface area contributed by atoms with Crippen molar-refractivity contribution >= 4 is 17.6 Å². The van der Waals surface area contributed by atoms with E-state index in [0.717, 1.165) is 0 Å². The summed E-state index contributed by atoms with van der Waals surface area (Å²) in [7, 11) is 0. The maximum absolute atomic E-state index is 13.0. The summed E-state index contributed by atoms with van der Waals surface area (Å²) in [5, 5.41) is 2.78. The molecule has 1 aromatic heterocycles. The third kappa shape index (κ3) is 5.16. The molecule has 7 heteroatoms. The first kappa shape index (κ1) is 20.0. The van der Waals surface area contributed by atoms with Crippen LogP contribution >= 0.6 is 0 Å². The van der Waals surface area contributed by atoms with Crippen LogP contribution in [-0.4, -0.2) is 28.5 Å². The molecular weight excluding hydrogens is 370 g/mol. The maximum Gasteiger partial charge on any atom is 0.359 e. The minimum atomic E-state index is -1.17. The van der Waals surface area contributed by atoms with Crippen molar-refractivity contribution in [2.75, 3.05) is 11.9 Å². The second-order valence-electron chi connectivity index (χ2n) is 6.16. The van der Waals surface area contributed by atoms with Gasteiger partial charge in [-0.05, 0) is 26.0 Å². The number of esters is 1. The molecule has 3 rings (SSSR count). The summed E-state index contributed by atoms with van der Waals surface area (Å²) in [5.41, 5.74) is 1.73. The molecular formula is C22H21N3O4.